The van der Waals surface area contributed by atoms with Crippen molar-refractivity contribution in [1.82, 2.24) is 9.88 Å². The Morgan fingerprint density at radius 2 is 2.14 bits per heavy atom. The molecule has 1 aliphatic rings. The molecule has 0 atom stereocenters. The van der Waals surface area contributed by atoms with Crippen molar-refractivity contribution < 1.29 is 14.3 Å². The van der Waals surface area contributed by atoms with Gasteiger partial charge < -0.3 is 9.47 Å². The number of carbonyl (C=O) groups is 1. The third kappa shape index (κ3) is 5.26. The molecule has 0 radical (unpaired) electrons. The first-order valence-corrected chi connectivity index (χ1v) is 11.0. The molecule has 0 aliphatic carbocycles. The fourth-order valence-corrected chi connectivity index (χ4v) is 4.92. The van der Waals surface area contributed by atoms with Gasteiger partial charge in [0.25, 0.3) is 5.91 Å². The molecule has 29 heavy (non-hydrogen) atoms. The lowest BCUT2D eigenvalue weighted by atomic mass is 10.3. The molecule has 0 N–H and O–H groups in total. The maximum Gasteiger partial charge on any atom is 0.270 e. The molecule has 1 aliphatic heterocycles. The summed E-state index contributed by atoms with van der Waals surface area (Å²) in [4.78, 5) is 22.8. The van der Waals surface area contributed by atoms with Crippen molar-refractivity contribution in [3.05, 3.63) is 40.6 Å². The van der Waals surface area contributed by atoms with Crippen LogP contribution >= 0.6 is 35.1 Å². The van der Waals surface area contributed by atoms with Gasteiger partial charge in [-0.3, -0.25) is 14.6 Å². The summed E-state index contributed by atoms with van der Waals surface area (Å²) < 4.78 is 11.7. The molecule has 0 spiro atoms. The van der Waals surface area contributed by atoms with Crippen LogP contribution in [0.1, 0.15) is 16.1 Å². The second-order valence-corrected chi connectivity index (χ2v) is 8.53. The van der Waals surface area contributed by atoms with Crippen LogP contribution in [0.5, 0.6) is 5.75 Å². The molecular formula is C20H24ClN3O3S2. The Balaban J connectivity index is 0.00000240. The number of amides is 1. The zero-order chi connectivity index (χ0) is 19.3. The molecule has 1 amide bonds. The van der Waals surface area contributed by atoms with E-state index < -0.39 is 0 Å². The van der Waals surface area contributed by atoms with Crippen LogP contribution in [0.2, 0.25) is 0 Å². The lowest BCUT2D eigenvalue weighted by molar-refractivity contribution is 0.0376. The number of ether oxygens (including phenoxy) is 2. The average molecular weight is 454 g/mol. The Bertz CT molecular complexity index is 926. The number of halogens is 1. The minimum atomic E-state index is 0. The molecule has 9 heteroatoms. The summed E-state index contributed by atoms with van der Waals surface area (Å²) in [6, 6.07) is 9.59. The standard InChI is InChI=1S/C20H23N3O3S2.ClH/c1-25-15-5-6-16-18(14-15)28-20(21-16)23(19(24)17-4-2-13-27-17)8-3-7-22-9-11-26-12-10-22;/h2,4-6,13-14H,3,7-12H2,1H3;1H. The lowest BCUT2D eigenvalue weighted by Crippen LogP contribution is -2.39. The number of aromatic nitrogens is 1. The number of thiazole rings is 1. The second-order valence-electron chi connectivity index (χ2n) is 6.57. The van der Waals surface area contributed by atoms with Gasteiger partial charge in [-0.25, -0.2) is 4.98 Å². The average Bonchev–Trinajstić information content (AvgIpc) is 3.40. The smallest absolute Gasteiger partial charge is 0.270 e. The van der Waals surface area contributed by atoms with Crippen molar-refractivity contribution in [2.75, 3.05) is 51.4 Å². The molecule has 0 unspecified atom stereocenters. The van der Waals surface area contributed by atoms with Crippen LogP contribution in [-0.4, -0.2) is 62.3 Å². The van der Waals surface area contributed by atoms with Gasteiger partial charge in [0.1, 0.15) is 5.75 Å². The third-order valence-corrected chi connectivity index (χ3v) is 6.65. The molecule has 156 valence electrons. The summed E-state index contributed by atoms with van der Waals surface area (Å²) >= 11 is 3.00. The highest BCUT2D eigenvalue weighted by molar-refractivity contribution is 7.22. The second kappa shape index (κ2) is 10.4. The van der Waals surface area contributed by atoms with Gasteiger partial charge in [0.15, 0.2) is 5.13 Å². The number of fused-ring (bicyclic) bond motifs is 1. The highest BCUT2D eigenvalue weighted by atomic mass is 35.5. The van der Waals surface area contributed by atoms with Crippen molar-refractivity contribution >= 4 is 56.3 Å². The minimum Gasteiger partial charge on any atom is -0.497 e. The number of benzene rings is 1. The van der Waals surface area contributed by atoms with Crippen LogP contribution in [0.3, 0.4) is 0 Å². The minimum absolute atomic E-state index is 0. The van der Waals surface area contributed by atoms with Crippen LogP contribution in [0.25, 0.3) is 10.2 Å². The van der Waals surface area contributed by atoms with Gasteiger partial charge in [0, 0.05) is 26.2 Å². The van der Waals surface area contributed by atoms with E-state index in [1.54, 1.807) is 7.11 Å². The van der Waals surface area contributed by atoms with E-state index in [2.05, 4.69) is 4.90 Å². The predicted molar refractivity (Wildman–Crippen MR) is 121 cm³/mol. The van der Waals surface area contributed by atoms with E-state index in [0.29, 0.717) is 6.54 Å². The Kier molecular flexibility index (Phi) is 7.85. The van der Waals surface area contributed by atoms with Gasteiger partial charge in [-0.1, -0.05) is 17.4 Å². The quantitative estimate of drug-likeness (QED) is 0.537. The van der Waals surface area contributed by atoms with Gasteiger partial charge in [0.2, 0.25) is 0 Å². The first-order valence-electron chi connectivity index (χ1n) is 9.34. The summed E-state index contributed by atoms with van der Waals surface area (Å²) in [6.45, 7) is 5.09. The largest absolute Gasteiger partial charge is 0.497 e. The number of methoxy groups -OCH3 is 1. The van der Waals surface area contributed by atoms with E-state index in [-0.39, 0.29) is 18.3 Å². The third-order valence-electron chi connectivity index (χ3n) is 4.75. The molecule has 3 aromatic rings. The van der Waals surface area contributed by atoms with E-state index >= 15 is 0 Å². The Hall–Kier alpha value is -1.71. The molecule has 2 aromatic heterocycles. The normalized spacial score (nSPS) is 14.5. The van der Waals surface area contributed by atoms with Crippen LogP contribution in [0.15, 0.2) is 35.7 Å². The van der Waals surface area contributed by atoms with Gasteiger partial charge in [-0.15, -0.1) is 23.7 Å². The Morgan fingerprint density at radius 3 is 2.86 bits per heavy atom. The number of thiophene rings is 1. The Morgan fingerprint density at radius 1 is 1.31 bits per heavy atom. The van der Waals surface area contributed by atoms with Gasteiger partial charge in [0.05, 0.1) is 35.4 Å². The van der Waals surface area contributed by atoms with Crippen molar-refractivity contribution in [1.29, 1.82) is 0 Å². The molecule has 1 aromatic carbocycles. The Labute approximate surface area is 184 Å². The lowest BCUT2D eigenvalue weighted by Gasteiger charge is -2.27. The van der Waals surface area contributed by atoms with Gasteiger partial charge in [-0.2, -0.15) is 0 Å². The zero-order valence-electron chi connectivity index (χ0n) is 16.2. The number of anilines is 1. The number of carbonyl (C=O) groups excluding carboxylic acids is 1. The van der Waals surface area contributed by atoms with Crippen molar-refractivity contribution in [2.45, 2.75) is 6.42 Å². The molecule has 1 fully saturated rings. The van der Waals surface area contributed by atoms with Crippen LogP contribution in [-0.2, 0) is 4.74 Å². The number of rotatable bonds is 7. The number of hydrogen-bond acceptors (Lipinski definition) is 7. The van der Waals surface area contributed by atoms with Crippen molar-refractivity contribution in [3.8, 4) is 5.75 Å². The number of nitrogens with zero attached hydrogens (tertiary/aromatic N) is 3. The van der Waals surface area contributed by atoms with E-state index in [4.69, 9.17) is 14.5 Å². The first-order chi connectivity index (χ1) is 13.7. The molecule has 3 heterocycles. The monoisotopic (exact) mass is 453 g/mol. The van der Waals surface area contributed by atoms with Crippen LogP contribution in [0, 0.1) is 0 Å². The number of hydrogen-bond donors (Lipinski definition) is 0. The fraction of sp³-hybridized carbons (Fsp3) is 0.400. The summed E-state index contributed by atoms with van der Waals surface area (Å²) in [6.07, 6.45) is 0.899. The molecule has 6 nitrogen and oxygen atoms in total. The zero-order valence-corrected chi connectivity index (χ0v) is 18.7. The maximum atomic E-state index is 13.1. The SMILES string of the molecule is COc1ccc2nc(N(CCCN3CCOCC3)C(=O)c3cccs3)sc2c1.Cl. The summed E-state index contributed by atoms with van der Waals surface area (Å²) in [5.41, 5.74) is 0.887. The van der Waals surface area contributed by atoms with E-state index in [9.17, 15) is 4.79 Å². The summed E-state index contributed by atoms with van der Waals surface area (Å²) in [5, 5.41) is 2.67. The maximum absolute atomic E-state index is 13.1. The molecule has 0 bridgehead atoms. The topological polar surface area (TPSA) is 54.9 Å². The number of morpholine rings is 1. The highest BCUT2D eigenvalue weighted by Crippen LogP contribution is 2.32. The van der Waals surface area contributed by atoms with Gasteiger partial charge in [-0.05, 0) is 36.1 Å². The highest BCUT2D eigenvalue weighted by Gasteiger charge is 2.22. The molecule has 0 saturated carbocycles. The van der Waals surface area contributed by atoms with E-state index in [0.717, 1.165) is 65.2 Å². The fourth-order valence-electron chi connectivity index (χ4n) is 3.23. The molecule has 4 rings (SSSR count). The molecule has 1 saturated heterocycles. The van der Waals surface area contributed by atoms with E-state index in [1.165, 1.54) is 22.7 Å². The first kappa shape index (κ1) is 22.0. The molecular weight excluding hydrogens is 430 g/mol. The summed E-state index contributed by atoms with van der Waals surface area (Å²) in [5.74, 6) is 0.814. The van der Waals surface area contributed by atoms with E-state index in [1.807, 2.05) is 40.6 Å². The van der Waals surface area contributed by atoms with Crippen molar-refractivity contribution in [3.63, 3.8) is 0 Å². The van der Waals surface area contributed by atoms with Crippen molar-refractivity contribution in [2.24, 2.45) is 0 Å². The van der Waals surface area contributed by atoms with Gasteiger partial charge >= 0.3 is 0 Å². The summed E-state index contributed by atoms with van der Waals surface area (Å²) in [7, 11) is 1.65. The van der Waals surface area contributed by atoms with Crippen LogP contribution in [0.4, 0.5) is 5.13 Å². The predicted octanol–water partition coefficient (Wildman–Crippen LogP) is 4.16. The van der Waals surface area contributed by atoms with Crippen LogP contribution < -0.4 is 9.64 Å².